The monoisotopic (exact) mass is 159 g/mol. The van der Waals surface area contributed by atoms with E-state index in [1.54, 1.807) is 0 Å². The lowest BCUT2D eigenvalue weighted by molar-refractivity contribution is 0.136. The number of aliphatic hydroxyl groups excluding tert-OH is 1. The molecule has 3 N–H and O–H groups in total. The van der Waals surface area contributed by atoms with Gasteiger partial charge in [-0.2, -0.15) is 0 Å². The quantitative estimate of drug-likeness (QED) is 0.608. The van der Waals surface area contributed by atoms with Gasteiger partial charge in [0.25, 0.3) is 0 Å². The van der Waals surface area contributed by atoms with Gasteiger partial charge in [0.1, 0.15) is 0 Å². The first kappa shape index (κ1) is 8.97. The minimum absolute atomic E-state index is 0.161. The minimum atomic E-state index is -0.161. The molecule has 1 aliphatic heterocycles. The molecule has 0 aromatic rings. The van der Waals surface area contributed by atoms with Gasteiger partial charge in [0.15, 0.2) is 0 Å². The van der Waals surface area contributed by atoms with Crippen LogP contribution in [0.4, 0.5) is 0 Å². The molecule has 1 aliphatic rings. The first-order chi connectivity index (χ1) is 5.27. The Kier molecular flexibility index (Phi) is 3.30. The molecule has 66 valence electrons. The van der Waals surface area contributed by atoms with Crippen LogP contribution in [0.25, 0.3) is 0 Å². The summed E-state index contributed by atoms with van der Waals surface area (Å²) in [6.07, 6.45) is 3.59. The third-order valence-corrected chi connectivity index (χ3v) is 2.32. The summed E-state index contributed by atoms with van der Waals surface area (Å²) in [4.78, 5) is 0. The average molecular weight is 159 g/mol. The van der Waals surface area contributed by atoms with Gasteiger partial charge in [-0.25, -0.2) is 0 Å². The number of nitrogens with two attached hydrogens (primary N) is 1. The van der Waals surface area contributed by atoms with Crippen LogP contribution in [0, 0.1) is 0 Å². The summed E-state index contributed by atoms with van der Waals surface area (Å²) in [5, 5.41) is 8.75. The Hall–Kier alpha value is -0.120. The van der Waals surface area contributed by atoms with E-state index in [1.165, 1.54) is 0 Å². The zero-order valence-electron chi connectivity index (χ0n) is 6.88. The van der Waals surface area contributed by atoms with Crippen LogP contribution in [0.2, 0.25) is 0 Å². The van der Waals surface area contributed by atoms with E-state index in [4.69, 9.17) is 15.6 Å². The van der Waals surface area contributed by atoms with Crippen molar-refractivity contribution >= 4 is 0 Å². The lowest BCUT2D eigenvalue weighted by atomic mass is 9.89. The molecule has 11 heavy (non-hydrogen) atoms. The fourth-order valence-electron chi connectivity index (χ4n) is 1.50. The van der Waals surface area contributed by atoms with Crippen molar-refractivity contribution in [3.8, 4) is 0 Å². The summed E-state index contributed by atoms with van der Waals surface area (Å²) in [5.74, 6) is 0. The van der Waals surface area contributed by atoms with Crippen LogP contribution < -0.4 is 5.73 Å². The van der Waals surface area contributed by atoms with Crippen molar-refractivity contribution in [1.29, 1.82) is 0 Å². The van der Waals surface area contributed by atoms with Gasteiger partial charge in [0.05, 0.1) is 0 Å². The Balaban J connectivity index is 2.38. The first-order valence-corrected chi connectivity index (χ1v) is 4.24. The standard InChI is InChI=1S/C8H17NO2/c9-8(3-5-10)2-1-6-11-7-4-8/h10H,1-7,9H2. The Morgan fingerprint density at radius 1 is 1.36 bits per heavy atom. The van der Waals surface area contributed by atoms with Crippen LogP contribution >= 0.6 is 0 Å². The molecule has 3 heteroatoms. The van der Waals surface area contributed by atoms with Gasteiger partial charge in [-0.15, -0.1) is 0 Å². The Labute approximate surface area is 67.5 Å². The molecule has 1 heterocycles. The minimum Gasteiger partial charge on any atom is -0.396 e. The molecule has 1 atom stereocenters. The fraction of sp³-hybridized carbons (Fsp3) is 1.00. The van der Waals surface area contributed by atoms with Gasteiger partial charge in [-0.1, -0.05) is 0 Å². The van der Waals surface area contributed by atoms with E-state index in [0.717, 1.165) is 32.5 Å². The maximum absolute atomic E-state index is 8.75. The van der Waals surface area contributed by atoms with Crippen molar-refractivity contribution in [3.05, 3.63) is 0 Å². The maximum Gasteiger partial charge on any atom is 0.0483 e. The van der Waals surface area contributed by atoms with E-state index in [9.17, 15) is 0 Å². The average Bonchev–Trinajstić information content (AvgIpc) is 2.15. The van der Waals surface area contributed by atoms with Crippen molar-refractivity contribution < 1.29 is 9.84 Å². The normalized spacial score (nSPS) is 33.3. The number of rotatable bonds is 2. The van der Waals surface area contributed by atoms with Gasteiger partial charge in [0.2, 0.25) is 0 Å². The van der Waals surface area contributed by atoms with E-state index in [0.29, 0.717) is 6.42 Å². The molecule has 0 bridgehead atoms. The van der Waals surface area contributed by atoms with Crippen molar-refractivity contribution in [2.45, 2.75) is 31.2 Å². The molecule has 0 saturated carbocycles. The summed E-state index contributed by atoms with van der Waals surface area (Å²) in [5.41, 5.74) is 5.87. The second-order valence-corrected chi connectivity index (χ2v) is 3.30. The van der Waals surface area contributed by atoms with Crippen molar-refractivity contribution in [2.75, 3.05) is 19.8 Å². The lowest BCUT2D eigenvalue weighted by Gasteiger charge is -2.26. The second kappa shape index (κ2) is 4.04. The predicted octanol–water partition coefficient (Wildman–Crippen LogP) is 0.267. The third-order valence-electron chi connectivity index (χ3n) is 2.32. The Morgan fingerprint density at radius 3 is 2.91 bits per heavy atom. The van der Waals surface area contributed by atoms with E-state index in [1.807, 2.05) is 0 Å². The topological polar surface area (TPSA) is 55.5 Å². The highest BCUT2D eigenvalue weighted by Crippen LogP contribution is 2.21. The molecule has 0 amide bonds. The molecule has 0 spiro atoms. The van der Waals surface area contributed by atoms with E-state index in [2.05, 4.69) is 0 Å². The highest BCUT2D eigenvalue weighted by atomic mass is 16.5. The number of hydrogen-bond donors (Lipinski definition) is 2. The number of hydrogen-bond acceptors (Lipinski definition) is 3. The van der Waals surface area contributed by atoms with E-state index >= 15 is 0 Å². The summed E-state index contributed by atoms with van der Waals surface area (Å²) >= 11 is 0. The van der Waals surface area contributed by atoms with E-state index in [-0.39, 0.29) is 12.1 Å². The molecule has 0 aliphatic carbocycles. The van der Waals surface area contributed by atoms with Crippen molar-refractivity contribution in [2.24, 2.45) is 5.73 Å². The maximum atomic E-state index is 8.75. The van der Waals surface area contributed by atoms with Crippen LogP contribution in [0.5, 0.6) is 0 Å². The third kappa shape index (κ3) is 2.77. The second-order valence-electron chi connectivity index (χ2n) is 3.30. The lowest BCUT2D eigenvalue weighted by Crippen LogP contribution is -2.40. The predicted molar refractivity (Wildman–Crippen MR) is 43.3 cm³/mol. The fourth-order valence-corrected chi connectivity index (χ4v) is 1.50. The first-order valence-electron chi connectivity index (χ1n) is 4.24. The zero-order chi connectivity index (χ0) is 8.16. The van der Waals surface area contributed by atoms with E-state index < -0.39 is 0 Å². The summed E-state index contributed by atoms with van der Waals surface area (Å²) in [7, 11) is 0. The summed E-state index contributed by atoms with van der Waals surface area (Å²) in [6, 6.07) is 0. The highest BCUT2D eigenvalue weighted by molar-refractivity contribution is 4.84. The Morgan fingerprint density at radius 2 is 2.18 bits per heavy atom. The molecular weight excluding hydrogens is 142 g/mol. The van der Waals surface area contributed by atoms with Gasteiger partial charge in [0, 0.05) is 25.4 Å². The summed E-state index contributed by atoms with van der Waals surface area (Å²) in [6.45, 7) is 1.76. The molecule has 1 fully saturated rings. The highest BCUT2D eigenvalue weighted by Gasteiger charge is 2.25. The molecular formula is C8H17NO2. The largest absolute Gasteiger partial charge is 0.396 e. The van der Waals surface area contributed by atoms with Crippen LogP contribution in [0.1, 0.15) is 25.7 Å². The summed E-state index contributed by atoms with van der Waals surface area (Å²) < 4.78 is 5.27. The number of ether oxygens (including phenoxy) is 1. The van der Waals surface area contributed by atoms with Crippen LogP contribution in [0.15, 0.2) is 0 Å². The molecule has 1 rings (SSSR count). The van der Waals surface area contributed by atoms with Crippen molar-refractivity contribution in [1.82, 2.24) is 0 Å². The van der Waals surface area contributed by atoms with Crippen LogP contribution in [-0.2, 0) is 4.74 Å². The van der Waals surface area contributed by atoms with Crippen molar-refractivity contribution in [3.63, 3.8) is 0 Å². The van der Waals surface area contributed by atoms with Crippen LogP contribution in [-0.4, -0.2) is 30.5 Å². The SMILES string of the molecule is NC1(CCO)CCCOCC1. The molecule has 1 saturated heterocycles. The smallest absolute Gasteiger partial charge is 0.0483 e. The van der Waals surface area contributed by atoms with Gasteiger partial charge >= 0.3 is 0 Å². The zero-order valence-corrected chi connectivity index (χ0v) is 6.88. The molecule has 1 unspecified atom stereocenters. The molecule has 0 aromatic carbocycles. The number of aliphatic hydroxyl groups is 1. The molecule has 0 radical (unpaired) electrons. The van der Waals surface area contributed by atoms with Gasteiger partial charge in [-0.3, -0.25) is 0 Å². The van der Waals surface area contributed by atoms with Gasteiger partial charge < -0.3 is 15.6 Å². The van der Waals surface area contributed by atoms with Gasteiger partial charge in [-0.05, 0) is 25.7 Å². The van der Waals surface area contributed by atoms with Crippen LogP contribution in [0.3, 0.4) is 0 Å². The Bertz CT molecular complexity index is 109. The molecule has 0 aromatic heterocycles. The molecule has 3 nitrogen and oxygen atoms in total.